The van der Waals surface area contributed by atoms with Gasteiger partial charge in [-0.15, -0.1) is 0 Å². The van der Waals surface area contributed by atoms with Crippen molar-refractivity contribution >= 4 is 22.9 Å². The van der Waals surface area contributed by atoms with Crippen LogP contribution in [0.5, 0.6) is 5.88 Å². The molecule has 1 aliphatic carbocycles. The van der Waals surface area contributed by atoms with Crippen LogP contribution in [0.15, 0.2) is 18.3 Å². The number of hydrogen-bond donors (Lipinski definition) is 0. The maximum absolute atomic E-state index is 6.22. The molecule has 0 atom stereocenters. The number of hydrogen-bond acceptors (Lipinski definition) is 5. The van der Waals surface area contributed by atoms with Crippen molar-refractivity contribution in [3.05, 3.63) is 23.9 Å². The maximum atomic E-state index is 6.22. The van der Waals surface area contributed by atoms with Crippen molar-refractivity contribution in [2.45, 2.75) is 44.3 Å². The molecule has 0 aromatic carbocycles. The van der Waals surface area contributed by atoms with E-state index in [9.17, 15) is 0 Å². The molecule has 6 heteroatoms. The van der Waals surface area contributed by atoms with E-state index >= 15 is 0 Å². The molecule has 0 bridgehead atoms. The summed E-state index contributed by atoms with van der Waals surface area (Å²) >= 11 is 2.43. The molecule has 4 rings (SSSR count). The molecule has 0 radical (unpaired) electrons. The predicted molar refractivity (Wildman–Crippen MR) is 106 cm³/mol. The van der Waals surface area contributed by atoms with Crippen LogP contribution in [0.2, 0.25) is 0 Å². The van der Waals surface area contributed by atoms with Crippen LogP contribution in [-0.4, -0.2) is 64.0 Å². The van der Waals surface area contributed by atoms with Gasteiger partial charge in [0.1, 0.15) is 6.10 Å². The number of rotatable bonds is 4. The fourth-order valence-corrected chi connectivity index (χ4v) is 4.78. The van der Waals surface area contributed by atoms with Crippen molar-refractivity contribution in [1.82, 2.24) is 13.0 Å². The number of halogens is 1. The van der Waals surface area contributed by atoms with E-state index in [0.29, 0.717) is 6.10 Å². The molecular formula is C19H28IN3O2. The minimum atomic E-state index is 0.116. The number of aromatic nitrogens is 1. The molecular weight excluding hydrogens is 429 g/mol. The van der Waals surface area contributed by atoms with Crippen molar-refractivity contribution in [3.8, 4) is 5.88 Å². The van der Waals surface area contributed by atoms with Crippen LogP contribution < -0.4 is 4.74 Å². The zero-order chi connectivity index (χ0) is 17.3. The number of pyridine rings is 1. The van der Waals surface area contributed by atoms with Gasteiger partial charge >= 0.3 is 0 Å². The fraction of sp³-hybridized carbons (Fsp3) is 0.737. The molecule has 0 amide bonds. The number of aryl methyl sites for hydroxylation is 1. The van der Waals surface area contributed by atoms with E-state index in [1.807, 2.05) is 18.3 Å². The van der Waals surface area contributed by atoms with Crippen molar-refractivity contribution in [2.24, 2.45) is 5.92 Å². The SMILES string of the molecule is Cc1ccnc(OC2CC(CN3CCOC4(CCN(I)CC4)C3)C2)c1. The lowest BCUT2D eigenvalue weighted by molar-refractivity contribution is -0.133. The summed E-state index contributed by atoms with van der Waals surface area (Å²) in [6.07, 6.45) is 6.82. The summed E-state index contributed by atoms with van der Waals surface area (Å²) in [5.41, 5.74) is 1.32. The van der Waals surface area contributed by atoms with Gasteiger partial charge < -0.3 is 9.47 Å². The Morgan fingerprint density at radius 3 is 2.88 bits per heavy atom. The Bertz CT molecular complexity index is 586. The Balaban J connectivity index is 1.23. The van der Waals surface area contributed by atoms with Crippen LogP contribution in [0.3, 0.4) is 0 Å². The predicted octanol–water partition coefficient (Wildman–Crippen LogP) is 3.06. The molecule has 138 valence electrons. The summed E-state index contributed by atoms with van der Waals surface area (Å²) < 4.78 is 14.6. The van der Waals surface area contributed by atoms with Gasteiger partial charge in [-0.05, 0) is 50.2 Å². The first-order valence-corrected chi connectivity index (χ1v) is 10.4. The Labute approximate surface area is 164 Å². The largest absolute Gasteiger partial charge is 0.474 e. The summed E-state index contributed by atoms with van der Waals surface area (Å²) in [6.45, 7) is 8.65. The van der Waals surface area contributed by atoms with Gasteiger partial charge in [-0.2, -0.15) is 0 Å². The third-order valence-corrected chi connectivity index (χ3v) is 6.80. The van der Waals surface area contributed by atoms with Crippen LogP contribution in [0.25, 0.3) is 0 Å². The average Bonchev–Trinajstić information content (AvgIpc) is 2.56. The summed E-state index contributed by atoms with van der Waals surface area (Å²) in [4.78, 5) is 6.95. The standard InChI is InChI=1S/C19H28IN3O2/c1-15-2-5-21-18(10-15)25-17-11-16(12-17)13-22-8-9-24-19(14-22)3-6-23(20)7-4-19/h2,5,10,16-17H,3-4,6-9,11-14H2,1H3. The zero-order valence-corrected chi connectivity index (χ0v) is 17.2. The molecule has 3 heterocycles. The highest BCUT2D eigenvalue weighted by Crippen LogP contribution is 2.35. The number of ether oxygens (including phenoxy) is 2. The van der Waals surface area contributed by atoms with Gasteiger partial charge in [-0.25, -0.2) is 8.10 Å². The van der Waals surface area contributed by atoms with Crippen molar-refractivity contribution in [1.29, 1.82) is 0 Å². The first kappa shape index (κ1) is 17.9. The summed E-state index contributed by atoms with van der Waals surface area (Å²) in [5.74, 6) is 1.54. The van der Waals surface area contributed by atoms with Gasteiger partial charge in [-0.3, -0.25) is 4.90 Å². The molecule has 1 aromatic heterocycles. The Kier molecular flexibility index (Phi) is 5.50. The van der Waals surface area contributed by atoms with Gasteiger partial charge in [0.15, 0.2) is 0 Å². The minimum absolute atomic E-state index is 0.116. The van der Waals surface area contributed by atoms with Crippen LogP contribution in [0.4, 0.5) is 0 Å². The van der Waals surface area contributed by atoms with Gasteiger partial charge in [-0.1, -0.05) is 0 Å². The molecule has 1 spiro atoms. The number of morpholine rings is 1. The quantitative estimate of drug-likeness (QED) is 0.514. The first-order chi connectivity index (χ1) is 12.1. The van der Waals surface area contributed by atoms with E-state index < -0.39 is 0 Å². The monoisotopic (exact) mass is 457 g/mol. The van der Waals surface area contributed by atoms with E-state index in [2.05, 4.69) is 42.8 Å². The second kappa shape index (κ2) is 7.66. The molecule has 1 saturated carbocycles. The second-order valence-corrected chi connectivity index (χ2v) is 9.29. The van der Waals surface area contributed by atoms with Crippen LogP contribution in [0, 0.1) is 12.8 Å². The zero-order valence-electron chi connectivity index (χ0n) is 15.0. The highest BCUT2D eigenvalue weighted by atomic mass is 127. The lowest BCUT2D eigenvalue weighted by atomic mass is 9.81. The Morgan fingerprint density at radius 2 is 2.12 bits per heavy atom. The number of nitrogens with zero attached hydrogens (tertiary/aromatic N) is 3. The average molecular weight is 457 g/mol. The van der Waals surface area contributed by atoms with Crippen LogP contribution >= 0.6 is 22.9 Å². The topological polar surface area (TPSA) is 37.8 Å². The molecule has 1 aromatic rings. The van der Waals surface area contributed by atoms with E-state index in [-0.39, 0.29) is 5.60 Å². The summed E-state index contributed by atoms with van der Waals surface area (Å²) in [6, 6.07) is 4.03. The van der Waals surface area contributed by atoms with E-state index in [4.69, 9.17) is 9.47 Å². The third-order valence-electron chi connectivity index (χ3n) is 5.83. The Morgan fingerprint density at radius 1 is 1.32 bits per heavy atom. The molecule has 0 unspecified atom stereocenters. The maximum Gasteiger partial charge on any atom is 0.213 e. The molecule has 3 fully saturated rings. The molecule has 2 saturated heterocycles. The fourth-order valence-electron chi connectivity index (χ4n) is 4.30. The first-order valence-electron chi connectivity index (χ1n) is 9.47. The second-order valence-electron chi connectivity index (χ2n) is 7.93. The molecule has 5 nitrogen and oxygen atoms in total. The summed E-state index contributed by atoms with van der Waals surface area (Å²) in [7, 11) is 0. The van der Waals surface area contributed by atoms with E-state index in [1.165, 1.54) is 24.9 Å². The van der Waals surface area contributed by atoms with Gasteiger partial charge in [0.2, 0.25) is 5.88 Å². The smallest absolute Gasteiger partial charge is 0.213 e. The molecule has 2 aliphatic heterocycles. The van der Waals surface area contributed by atoms with Gasteiger partial charge in [0.05, 0.1) is 12.2 Å². The lowest BCUT2D eigenvalue weighted by Crippen LogP contribution is -2.57. The molecule has 0 N–H and O–H groups in total. The third kappa shape index (κ3) is 4.46. The van der Waals surface area contributed by atoms with E-state index in [0.717, 1.165) is 57.4 Å². The highest BCUT2D eigenvalue weighted by Gasteiger charge is 2.41. The lowest BCUT2D eigenvalue weighted by Gasteiger charge is -2.48. The van der Waals surface area contributed by atoms with Crippen LogP contribution in [-0.2, 0) is 4.74 Å². The Hall–Kier alpha value is -0.440. The van der Waals surface area contributed by atoms with Gasteiger partial charge in [0, 0.05) is 67.9 Å². The van der Waals surface area contributed by atoms with Gasteiger partial charge in [0.25, 0.3) is 0 Å². The number of piperidine rings is 1. The summed E-state index contributed by atoms with van der Waals surface area (Å²) in [5, 5.41) is 0. The molecule has 3 aliphatic rings. The minimum Gasteiger partial charge on any atom is -0.474 e. The highest BCUT2D eigenvalue weighted by molar-refractivity contribution is 14.1. The normalized spacial score (nSPS) is 30.2. The molecule has 25 heavy (non-hydrogen) atoms. The van der Waals surface area contributed by atoms with Crippen LogP contribution in [0.1, 0.15) is 31.2 Å². The van der Waals surface area contributed by atoms with E-state index in [1.54, 1.807) is 0 Å². The van der Waals surface area contributed by atoms with Crippen molar-refractivity contribution in [3.63, 3.8) is 0 Å². The van der Waals surface area contributed by atoms with Crippen molar-refractivity contribution < 1.29 is 9.47 Å². The van der Waals surface area contributed by atoms with Crippen molar-refractivity contribution in [2.75, 3.05) is 39.3 Å².